The van der Waals surface area contributed by atoms with Gasteiger partial charge in [-0.3, -0.25) is 9.52 Å². The van der Waals surface area contributed by atoms with Gasteiger partial charge in [0.05, 0.1) is 14.2 Å². The first-order chi connectivity index (χ1) is 13.2. The third-order valence-electron chi connectivity index (χ3n) is 3.71. The summed E-state index contributed by atoms with van der Waals surface area (Å²) in [6, 6.07) is 9.61. The number of rotatable bonds is 7. The van der Waals surface area contributed by atoms with E-state index in [4.69, 9.17) is 4.74 Å². The number of ether oxygens (including phenoxy) is 2. The summed E-state index contributed by atoms with van der Waals surface area (Å²) in [5, 5.41) is 2.44. The second kappa shape index (κ2) is 9.07. The molecule has 1 amide bonds. The number of carbonyl (C=O) groups is 2. The summed E-state index contributed by atoms with van der Waals surface area (Å²) < 4.78 is 38.5. The number of sulfonamides is 1. The number of methoxy groups -OCH3 is 2. The van der Waals surface area contributed by atoms with Gasteiger partial charge in [-0.05, 0) is 49.4 Å². The molecule has 0 aromatic heterocycles. The molecule has 0 saturated carbocycles. The predicted molar refractivity (Wildman–Crippen MR) is 107 cm³/mol. The second-order valence-corrected chi connectivity index (χ2v) is 8.26. The SMILES string of the molecule is COC(=O)C(C)NC(=O)c1ccc(OC)c(S(=O)(=O)Nc2ccc(Br)cc2)c1. The summed E-state index contributed by atoms with van der Waals surface area (Å²) in [7, 11) is -1.50. The van der Waals surface area contributed by atoms with Gasteiger partial charge in [0, 0.05) is 15.7 Å². The maximum Gasteiger partial charge on any atom is 0.328 e. The van der Waals surface area contributed by atoms with E-state index in [1.807, 2.05) is 0 Å². The highest BCUT2D eigenvalue weighted by Gasteiger charge is 2.23. The van der Waals surface area contributed by atoms with Crippen molar-refractivity contribution in [1.29, 1.82) is 0 Å². The highest BCUT2D eigenvalue weighted by molar-refractivity contribution is 9.10. The van der Waals surface area contributed by atoms with Crippen LogP contribution in [0, 0.1) is 0 Å². The lowest BCUT2D eigenvalue weighted by Crippen LogP contribution is -2.39. The molecule has 0 aliphatic heterocycles. The molecule has 10 heteroatoms. The number of amides is 1. The van der Waals surface area contributed by atoms with E-state index in [9.17, 15) is 18.0 Å². The van der Waals surface area contributed by atoms with Crippen LogP contribution < -0.4 is 14.8 Å². The second-order valence-electron chi connectivity index (χ2n) is 5.70. The van der Waals surface area contributed by atoms with Crippen LogP contribution in [0.4, 0.5) is 5.69 Å². The van der Waals surface area contributed by atoms with Crippen molar-refractivity contribution in [3.05, 3.63) is 52.5 Å². The molecule has 0 fully saturated rings. The van der Waals surface area contributed by atoms with Crippen LogP contribution in [0.15, 0.2) is 51.8 Å². The van der Waals surface area contributed by atoms with Crippen molar-refractivity contribution in [1.82, 2.24) is 5.32 Å². The number of esters is 1. The molecule has 0 radical (unpaired) electrons. The fraction of sp³-hybridized carbons (Fsp3) is 0.222. The Balaban J connectivity index is 2.34. The average Bonchev–Trinajstić information content (AvgIpc) is 2.68. The Labute approximate surface area is 171 Å². The highest BCUT2D eigenvalue weighted by atomic mass is 79.9. The summed E-state index contributed by atoms with van der Waals surface area (Å²) in [5.41, 5.74) is 0.396. The van der Waals surface area contributed by atoms with Crippen molar-refractivity contribution in [3.8, 4) is 5.75 Å². The molecule has 0 heterocycles. The average molecular weight is 471 g/mol. The van der Waals surface area contributed by atoms with E-state index in [2.05, 4.69) is 30.7 Å². The number of carbonyl (C=O) groups excluding carboxylic acids is 2. The van der Waals surface area contributed by atoms with Gasteiger partial charge in [0.1, 0.15) is 16.7 Å². The Morgan fingerprint density at radius 3 is 2.29 bits per heavy atom. The number of halogens is 1. The van der Waals surface area contributed by atoms with E-state index in [1.165, 1.54) is 39.3 Å². The van der Waals surface area contributed by atoms with Crippen molar-refractivity contribution in [3.63, 3.8) is 0 Å². The maximum absolute atomic E-state index is 12.8. The first-order valence-electron chi connectivity index (χ1n) is 8.03. The summed E-state index contributed by atoms with van der Waals surface area (Å²) in [4.78, 5) is 23.6. The zero-order chi connectivity index (χ0) is 20.9. The third-order valence-corrected chi connectivity index (χ3v) is 5.65. The Morgan fingerprint density at radius 1 is 1.07 bits per heavy atom. The molecule has 2 rings (SSSR count). The number of benzene rings is 2. The minimum Gasteiger partial charge on any atom is -0.495 e. The zero-order valence-corrected chi connectivity index (χ0v) is 17.8. The number of nitrogens with one attached hydrogen (secondary N) is 2. The summed E-state index contributed by atoms with van der Waals surface area (Å²) in [5.74, 6) is -1.17. The molecular weight excluding hydrogens is 452 g/mol. The minimum atomic E-state index is -4.04. The van der Waals surface area contributed by atoms with Gasteiger partial charge in [0.15, 0.2) is 0 Å². The smallest absolute Gasteiger partial charge is 0.328 e. The van der Waals surface area contributed by atoms with Crippen LogP contribution in [-0.4, -0.2) is 40.6 Å². The van der Waals surface area contributed by atoms with E-state index in [0.717, 1.165) is 4.47 Å². The van der Waals surface area contributed by atoms with Crippen LogP contribution in [0.3, 0.4) is 0 Å². The molecule has 0 spiro atoms. The number of hydrogen-bond acceptors (Lipinski definition) is 6. The van der Waals surface area contributed by atoms with Crippen LogP contribution >= 0.6 is 15.9 Å². The molecule has 1 atom stereocenters. The molecule has 0 bridgehead atoms. The maximum atomic E-state index is 12.8. The largest absolute Gasteiger partial charge is 0.495 e. The van der Waals surface area contributed by atoms with Crippen LogP contribution in [0.5, 0.6) is 5.75 Å². The summed E-state index contributed by atoms with van der Waals surface area (Å²) in [6.07, 6.45) is 0. The van der Waals surface area contributed by atoms with Crippen LogP contribution in [0.1, 0.15) is 17.3 Å². The van der Waals surface area contributed by atoms with Gasteiger partial charge in [-0.15, -0.1) is 0 Å². The predicted octanol–water partition coefficient (Wildman–Crippen LogP) is 2.55. The Morgan fingerprint density at radius 2 is 1.71 bits per heavy atom. The van der Waals surface area contributed by atoms with E-state index < -0.39 is 27.9 Å². The lowest BCUT2D eigenvalue weighted by Gasteiger charge is -2.15. The molecule has 1 unspecified atom stereocenters. The summed E-state index contributed by atoms with van der Waals surface area (Å²) in [6.45, 7) is 1.46. The monoisotopic (exact) mass is 470 g/mol. The molecule has 2 N–H and O–H groups in total. The Kier molecular flexibility index (Phi) is 7.03. The van der Waals surface area contributed by atoms with Crippen LogP contribution in [0.25, 0.3) is 0 Å². The quantitative estimate of drug-likeness (QED) is 0.601. The molecule has 8 nitrogen and oxygen atoms in total. The normalized spacial score (nSPS) is 12.0. The van der Waals surface area contributed by atoms with E-state index >= 15 is 0 Å². The van der Waals surface area contributed by atoms with E-state index in [-0.39, 0.29) is 16.2 Å². The highest BCUT2D eigenvalue weighted by Crippen LogP contribution is 2.27. The molecule has 150 valence electrons. The lowest BCUT2D eigenvalue weighted by molar-refractivity contribution is -0.142. The minimum absolute atomic E-state index is 0.0488. The van der Waals surface area contributed by atoms with Crippen molar-refractivity contribution in [2.24, 2.45) is 0 Å². The van der Waals surface area contributed by atoms with Crippen molar-refractivity contribution >= 4 is 43.5 Å². The van der Waals surface area contributed by atoms with Gasteiger partial charge in [-0.2, -0.15) is 0 Å². The molecule has 2 aromatic carbocycles. The van der Waals surface area contributed by atoms with Gasteiger partial charge in [0.2, 0.25) is 0 Å². The van der Waals surface area contributed by atoms with Crippen molar-refractivity contribution in [2.75, 3.05) is 18.9 Å². The first-order valence-corrected chi connectivity index (χ1v) is 10.3. The fourth-order valence-corrected chi connectivity index (χ4v) is 3.79. The van der Waals surface area contributed by atoms with Gasteiger partial charge < -0.3 is 14.8 Å². The van der Waals surface area contributed by atoms with E-state index in [1.54, 1.807) is 24.3 Å². The Bertz CT molecular complexity index is 976. The molecule has 0 aliphatic carbocycles. The topological polar surface area (TPSA) is 111 Å². The van der Waals surface area contributed by atoms with Gasteiger partial charge in [0.25, 0.3) is 15.9 Å². The Hall–Kier alpha value is -2.59. The van der Waals surface area contributed by atoms with Crippen LogP contribution in [0.2, 0.25) is 0 Å². The third kappa shape index (κ3) is 5.23. The molecular formula is C18H19BrN2O6S. The summed E-state index contributed by atoms with van der Waals surface area (Å²) >= 11 is 3.28. The molecule has 2 aromatic rings. The van der Waals surface area contributed by atoms with Gasteiger partial charge in [-0.25, -0.2) is 13.2 Å². The van der Waals surface area contributed by atoms with Crippen molar-refractivity contribution < 1.29 is 27.5 Å². The van der Waals surface area contributed by atoms with Gasteiger partial charge in [-0.1, -0.05) is 15.9 Å². The zero-order valence-electron chi connectivity index (χ0n) is 15.4. The van der Waals surface area contributed by atoms with Gasteiger partial charge >= 0.3 is 5.97 Å². The first kappa shape index (κ1) is 21.7. The van der Waals surface area contributed by atoms with Crippen molar-refractivity contribution in [2.45, 2.75) is 17.9 Å². The standard InChI is InChI=1S/C18H19BrN2O6S/c1-11(18(23)27-3)20-17(22)12-4-9-15(26-2)16(10-12)28(24,25)21-14-7-5-13(19)6-8-14/h4-11,21H,1-3H3,(H,20,22). The van der Waals surface area contributed by atoms with E-state index in [0.29, 0.717) is 5.69 Å². The van der Waals surface area contributed by atoms with Crippen LogP contribution in [-0.2, 0) is 19.6 Å². The lowest BCUT2D eigenvalue weighted by atomic mass is 10.2. The molecule has 0 aliphatic rings. The molecule has 28 heavy (non-hydrogen) atoms. The number of hydrogen-bond donors (Lipinski definition) is 2. The molecule has 0 saturated heterocycles. The fourth-order valence-electron chi connectivity index (χ4n) is 2.27. The number of anilines is 1.